The van der Waals surface area contributed by atoms with Gasteiger partial charge in [-0.25, -0.2) is 0 Å². The van der Waals surface area contributed by atoms with Crippen molar-refractivity contribution in [1.82, 2.24) is 4.90 Å². The zero-order valence-electron chi connectivity index (χ0n) is 15.1. The molecule has 5 bridgehead atoms. The summed E-state index contributed by atoms with van der Waals surface area (Å²) in [5, 5.41) is 10.1. The third-order valence-corrected chi connectivity index (χ3v) is 8.09. The van der Waals surface area contributed by atoms with Crippen LogP contribution in [-0.4, -0.2) is 52.5 Å². The lowest BCUT2D eigenvalue weighted by molar-refractivity contribution is -0.160. The molecule has 1 unspecified atom stereocenters. The van der Waals surface area contributed by atoms with Crippen molar-refractivity contribution >= 4 is 17.4 Å². The number of piperidine rings is 4. The van der Waals surface area contributed by atoms with Gasteiger partial charge in [0.25, 0.3) is 0 Å². The van der Waals surface area contributed by atoms with Crippen LogP contribution in [0, 0.1) is 17.8 Å². The van der Waals surface area contributed by atoms with Crippen LogP contribution >= 0.6 is 0 Å². The van der Waals surface area contributed by atoms with Gasteiger partial charge in [-0.15, -0.1) is 0 Å². The third-order valence-electron chi connectivity index (χ3n) is 8.09. The average molecular weight is 352 g/mol. The van der Waals surface area contributed by atoms with Crippen molar-refractivity contribution in [2.45, 2.75) is 56.3 Å². The standard InChI is InChI=1S/C21H24N2O3/c1-10-13(9-24)12-7-16-19-21(14-5-3-4-6-15(14)22-19)8-17(23(10)16)18(12)20(21)26-11(2)25/h3-6,10,12-13,16-18,20,24H,7-9H2,1-2H3/t10-,12-,13-,16-,17-,18-,20+,21+/m0/s1. The number of para-hydroxylation sites is 1. The summed E-state index contributed by atoms with van der Waals surface area (Å²) in [6, 6.07) is 9.49. The first-order chi connectivity index (χ1) is 12.6. The van der Waals surface area contributed by atoms with Gasteiger partial charge in [0, 0.05) is 37.5 Å². The van der Waals surface area contributed by atoms with Gasteiger partial charge >= 0.3 is 5.97 Å². The summed E-state index contributed by atoms with van der Waals surface area (Å²) in [5.41, 5.74) is 3.26. The Balaban J connectivity index is 1.60. The number of rotatable bonds is 2. The monoisotopic (exact) mass is 352 g/mol. The molecule has 4 saturated heterocycles. The van der Waals surface area contributed by atoms with Crippen LogP contribution in [0.1, 0.15) is 32.3 Å². The first kappa shape index (κ1) is 15.3. The van der Waals surface area contributed by atoms with E-state index in [0.717, 1.165) is 18.5 Å². The highest BCUT2D eigenvalue weighted by Gasteiger charge is 2.75. The summed E-state index contributed by atoms with van der Waals surface area (Å²) in [4.78, 5) is 19.8. The van der Waals surface area contributed by atoms with Crippen LogP contribution in [0.5, 0.6) is 0 Å². The van der Waals surface area contributed by atoms with E-state index in [4.69, 9.17) is 9.73 Å². The molecule has 0 aromatic heterocycles. The highest BCUT2D eigenvalue weighted by molar-refractivity contribution is 6.08. The van der Waals surface area contributed by atoms with Crippen LogP contribution in [0.4, 0.5) is 5.69 Å². The number of ether oxygens (including phenoxy) is 1. The molecular weight excluding hydrogens is 328 g/mol. The van der Waals surface area contributed by atoms with Gasteiger partial charge in [0.15, 0.2) is 0 Å². The number of nitrogens with zero attached hydrogens (tertiary/aromatic N) is 2. The number of carbonyl (C=O) groups excluding carboxylic acids is 1. The van der Waals surface area contributed by atoms with E-state index in [-0.39, 0.29) is 30.0 Å². The lowest BCUT2D eigenvalue weighted by atomic mass is 9.62. The minimum Gasteiger partial charge on any atom is -0.461 e. The first-order valence-corrected chi connectivity index (χ1v) is 9.82. The fraction of sp³-hybridized carbons (Fsp3) is 0.619. The van der Waals surface area contributed by atoms with E-state index in [9.17, 15) is 9.90 Å². The zero-order chi connectivity index (χ0) is 17.8. The Morgan fingerprint density at radius 2 is 2.23 bits per heavy atom. The maximum atomic E-state index is 12.1. The molecule has 26 heavy (non-hydrogen) atoms. The number of hydrogen-bond acceptors (Lipinski definition) is 5. The van der Waals surface area contributed by atoms with Crippen molar-refractivity contribution in [2.75, 3.05) is 6.61 Å². The van der Waals surface area contributed by atoms with Crippen LogP contribution in [0.25, 0.3) is 0 Å². The van der Waals surface area contributed by atoms with Crippen molar-refractivity contribution in [3.63, 3.8) is 0 Å². The quantitative estimate of drug-likeness (QED) is 0.828. The largest absolute Gasteiger partial charge is 0.461 e. The Morgan fingerprint density at radius 3 is 3.00 bits per heavy atom. The second-order valence-corrected chi connectivity index (χ2v) is 8.81. The van der Waals surface area contributed by atoms with E-state index in [1.54, 1.807) is 0 Å². The molecule has 5 fully saturated rings. The fourth-order valence-corrected chi connectivity index (χ4v) is 7.42. The number of esters is 1. The number of hydrogen-bond donors (Lipinski definition) is 1. The number of aliphatic imine (C=N–C) groups is 1. The Morgan fingerprint density at radius 1 is 1.42 bits per heavy atom. The van der Waals surface area contributed by atoms with Crippen LogP contribution in [0.3, 0.4) is 0 Å². The summed E-state index contributed by atoms with van der Waals surface area (Å²) in [7, 11) is 0. The molecule has 1 aromatic carbocycles. The smallest absolute Gasteiger partial charge is 0.302 e. The number of aliphatic hydroxyl groups is 1. The van der Waals surface area contributed by atoms with Crippen LogP contribution in [0.15, 0.2) is 29.3 Å². The van der Waals surface area contributed by atoms with Gasteiger partial charge in [0.1, 0.15) is 6.10 Å². The molecule has 0 radical (unpaired) electrons. The SMILES string of the molecule is CC(=O)O[C@@H]1[C@H]2[C@H]3C[C@H]4C5=Nc6ccccc6[C@]51C[C@@H]2N4[C@@H](C)[C@@H]3CO. The minimum absolute atomic E-state index is 0.158. The molecule has 1 saturated carbocycles. The number of fused-ring (bicyclic) bond motifs is 2. The predicted octanol–water partition coefficient (Wildman–Crippen LogP) is 2.05. The Kier molecular flexibility index (Phi) is 2.81. The summed E-state index contributed by atoms with van der Waals surface area (Å²) < 4.78 is 6.07. The molecule has 1 spiro atoms. The van der Waals surface area contributed by atoms with E-state index in [2.05, 4.69) is 30.0 Å². The third kappa shape index (κ3) is 1.49. The van der Waals surface area contributed by atoms with Crippen molar-refractivity contribution in [3.05, 3.63) is 29.8 Å². The summed E-state index contributed by atoms with van der Waals surface area (Å²) in [5.74, 6) is 0.750. The molecule has 7 rings (SSSR count). The van der Waals surface area contributed by atoms with Gasteiger partial charge < -0.3 is 9.84 Å². The number of aliphatic hydroxyl groups excluding tert-OH is 1. The van der Waals surface area contributed by atoms with Gasteiger partial charge in [0.05, 0.1) is 22.9 Å². The minimum atomic E-state index is -0.252. The molecule has 5 aliphatic heterocycles. The molecule has 0 amide bonds. The van der Waals surface area contributed by atoms with Gasteiger partial charge in [-0.1, -0.05) is 18.2 Å². The number of carbonyl (C=O) groups is 1. The second-order valence-electron chi connectivity index (χ2n) is 8.81. The number of benzene rings is 1. The Hall–Kier alpha value is -1.72. The highest BCUT2D eigenvalue weighted by atomic mass is 16.5. The Bertz CT molecular complexity index is 851. The van der Waals surface area contributed by atoms with E-state index in [1.807, 2.05) is 6.07 Å². The average Bonchev–Trinajstić information content (AvgIpc) is 3.08. The highest BCUT2D eigenvalue weighted by Crippen LogP contribution is 2.67. The normalized spacial score (nSPS) is 49.0. The molecule has 1 aromatic rings. The topological polar surface area (TPSA) is 62.1 Å². The second kappa shape index (κ2) is 4.76. The molecule has 9 atom stereocenters. The van der Waals surface area contributed by atoms with Gasteiger partial charge in [-0.2, -0.15) is 0 Å². The fourth-order valence-electron chi connectivity index (χ4n) is 7.42. The molecule has 1 aliphatic carbocycles. The molecule has 5 heteroatoms. The maximum Gasteiger partial charge on any atom is 0.302 e. The lowest BCUT2D eigenvalue weighted by Gasteiger charge is -2.61. The molecule has 6 aliphatic rings. The molecular formula is C21H24N2O3. The van der Waals surface area contributed by atoms with Gasteiger partial charge in [-0.05, 0) is 37.3 Å². The van der Waals surface area contributed by atoms with Gasteiger partial charge in [-0.3, -0.25) is 14.7 Å². The maximum absolute atomic E-state index is 12.1. The predicted molar refractivity (Wildman–Crippen MR) is 96.4 cm³/mol. The molecule has 5 nitrogen and oxygen atoms in total. The van der Waals surface area contributed by atoms with Crippen molar-refractivity contribution in [2.24, 2.45) is 22.7 Å². The van der Waals surface area contributed by atoms with Gasteiger partial charge in [0.2, 0.25) is 0 Å². The molecule has 1 N–H and O–H groups in total. The van der Waals surface area contributed by atoms with Crippen LogP contribution in [-0.2, 0) is 14.9 Å². The molecule has 136 valence electrons. The lowest BCUT2D eigenvalue weighted by Crippen LogP contribution is -2.70. The molecule has 5 heterocycles. The van der Waals surface area contributed by atoms with E-state index < -0.39 is 0 Å². The van der Waals surface area contributed by atoms with E-state index in [0.29, 0.717) is 30.0 Å². The first-order valence-electron chi connectivity index (χ1n) is 9.82. The Labute approximate surface area is 153 Å². The van der Waals surface area contributed by atoms with E-state index in [1.165, 1.54) is 18.2 Å². The van der Waals surface area contributed by atoms with Crippen LogP contribution < -0.4 is 0 Å². The van der Waals surface area contributed by atoms with E-state index >= 15 is 0 Å². The van der Waals surface area contributed by atoms with Crippen LogP contribution in [0.2, 0.25) is 0 Å². The summed E-state index contributed by atoms with van der Waals surface area (Å²) in [6.45, 7) is 3.99. The van der Waals surface area contributed by atoms with Crippen molar-refractivity contribution < 1.29 is 14.6 Å². The zero-order valence-corrected chi connectivity index (χ0v) is 15.1. The van der Waals surface area contributed by atoms with Crippen molar-refractivity contribution in [1.29, 1.82) is 0 Å². The van der Waals surface area contributed by atoms with Crippen molar-refractivity contribution in [3.8, 4) is 0 Å². The summed E-state index contributed by atoms with van der Waals surface area (Å²) >= 11 is 0. The summed E-state index contributed by atoms with van der Waals surface area (Å²) in [6.07, 6.45) is 1.86.